The lowest BCUT2D eigenvalue weighted by Gasteiger charge is -2.20. The molecule has 0 unspecified atom stereocenters. The van der Waals surface area contributed by atoms with Gasteiger partial charge in [-0.15, -0.1) is 0 Å². The third kappa shape index (κ3) is 4.45. The van der Waals surface area contributed by atoms with Crippen LogP contribution in [0.25, 0.3) is 0 Å². The number of carboxylic acid groups (broad SMARTS) is 1. The van der Waals surface area contributed by atoms with Crippen molar-refractivity contribution >= 4 is 42.9 Å². The molecule has 0 fully saturated rings. The van der Waals surface area contributed by atoms with Crippen LogP contribution in [0.1, 0.15) is 59.5 Å². The van der Waals surface area contributed by atoms with Crippen molar-refractivity contribution in [2.45, 2.75) is 44.9 Å². The fraction of sp³-hybridized carbons (Fsp3) is 0.348. The molecule has 2 amide bonds. The van der Waals surface area contributed by atoms with Crippen LogP contribution in [-0.2, 0) is 25.3 Å². The lowest BCUT2D eigenvalue weighted by molar-refractivity contribution is -0.139. The number of rotatable bonds is 6. The van der Waals surface area contributed by atoms with E-state index in [-0.39, 0.29) is 16.6 Å². The number of carbonyl (C=O) groups excluding carboxylic acids is 2. The van der Waals surface area contributed by atoms with Crippen molar-refractivity contribution in [3.05, 3.63) is 58.7 Å². The van der Waals surface area contributed by atoms with Crippen LogP contribution in [0.5, 0.6) is 0 Å². The molecule has 1 atom stereocenters. The molecular weight excluding hydrogens is 454 g/mol. The Kier molecular flexibility index (Phi) is 6.26. The molecule has 0 saturated carbocycles. The van der Waals surface area contributed by atoms with Gasteiger partial charge in [-0.25, -0.2) is 4.79 Å². The van der Waals surface area contributed by atoms with Gasteiger partial charge >= 0.3 is 20.2 Å². The van der Waals surface area contributed by atoms with E-state index in [1.54, 1.807) is 52.0 Å². The third-order valence-electron chi connectivity index (χ3n) is 6.38. The van der Waals surface area contributed by atoms with Crippen molar-refractivity contribution < 1.29 is 38.8 Å². The summed E-state index contributed by atoms with van der Waals surface area (Å²) in [5.41, 5.74) is 0.510. The Morgan fingerprint density at radius 1 is 0.857 bits per heavy atom. The minimum Gasteiger partial charge on any atom is -0.480 e. The molecule has 4 rings (SSSR count). The monoisotopic (exact) mass is 480 g/mol. The first kappa shape index (κ1) is 24.9. The average Bonchev–Trinajstić information content (AvgIpc) is 3.17. The van der Waals surface area contributed by atoms with Gasteiger partial charge in [0.15, 0.2) is 0 Å². The van der Waals surface area contributed by atoms with Crippen LogP contribution in [0.4, 0.5) is 0 Å². The zero-order chi connectivity index (χ0) is 25.7. The summed E-state index contributed by atoms with van der Waals surface area (Å²) >= 11 is 0. The first-order valence-corrected chi connectivity index (χ1v) is 11.1. The van der Waals surface area contributed by atoms with Gasteiger partial charge in [-0.1, -0.05) is 24.3 Å². The Labute approximate surface area is 202 Å². The van der Waals surface area contributed by atoms with E-state index in [1.165, 1.54) is 12.1 Å². The lowest BCUT2D eigenvalue weighted by Crippen LogP contribution is -2.50. The molecule has 0 radical (unpaired) electrons. The van der Waals surface area contributed by atoms with Gasteiger partial charge in [-0.2, -0.15) is 0 Å². The Bertz CT molecular complexity index is 1220. The number of carbonyl (C=O) groups is 3. The summed E-state index contributed by atoms with van der Waals surface area (Å²) in [6.45, 7) is 6.63. The molecule has 2 heterocycles. The van der Waals surface area contributed by atoms with Gasteiger partial charge in [-0.3, -0.25) is 9.59 Å². The van der Waals surface area contributed by atoms with Crippen molar-refractivity contribution in [2.75, 3.05) is 6.54 Å². The van der Waals surface area contributed by atoms with E-state index in [4.69, 9.17) is 9.31 Å². The molecule has 182 valence electrons. The minimum atomic E-state index is -1.45. The van der Waals surface area contributed by atoms with E-state index in [9.17, 15) is 29.5 Å². The molecule has 0 aromatic heterocycles. The topological polar surface area (TPSA) is 154 Å². The van der Waals surface area contributed by atoms with Crippen LogP contribution in [0.3, 0.4) is 0 Å². The average molecular weight is 480 g/mol. The molecule has 5 N–H and O–H groups in total. The van der Waals surface area contributed by atoms with Crippen molar-refractivity contribution in [3.63, 3.8) is 0 Å². The Morgan fingerprint density at radius 2 is 1.31 bits per heavy atom. The van der Waals surface area contributed by atoms with Gasteiger partial charge in [0.2, 0.25) is 0 Å². The fourth-order valence-electron chi connectivity index (χ4n) is 4.64. The van der Waals surface area contributed by atoms with E-state index in [1.807, 2.05) is 0 Å². The number of amides is 2. The summed E-state index contributed by atoms with van der Waals surface area (Å²) in [6, 6.07) is 8.28. The van der Waals surface area contributed by atoms with Gasteiger partial charge in [0.25, 0.3) is 11.8 Å². The summed E-state index contributed by atoms with van der Waals surface area (Å²) in [5, 5.41) is 35.2. The summed E-state index contributed by atoms with van der Waals surface area (Å²) in [7, 11) is -2.63. The van der Waals surface area contributed by atoms with E-state index in [0.717, 1.165) is 0 Å². The van der Waals surface area contributed by atoms with Crippen LogP contribution in [0.15, 0.2) is 36.4 Å². The highest BCUT2D eigenvalue weighted by molar-refractivity contribution is 6.64. The zero-order valence-electron chi connectivity index (χ0n) is 19.8. The fourth-order valence-corrected chi connectivity index (χ4v) is 4.64. The molecule has 2 aromatic carbocycles. The number of benzene rings is 2. The summed E-state index contributed by atoms with van der Waals surface area (Å²) in [5.74, 6) is -2.70. The number of aliphatic carboxylic acids is 1. The molecule has 2 aromatic rings. The van der Waals surface area contributed by atoms with Gasteiger partial charge in [0, 0.05) is 28.6 Å². The number of hydrogen-bond acceptors (Lipinski definition) is 7. The van der Waals surface area contributed by atoms with Gasteiger partial charge in [0.1, 0.15) is 6.04 Å². The predicted molar refractivity (Wildman–Crippen MR) is 128 cm³/mol. The van der Waals surface area contributed by atoms with E-state index in [0.29, 0.717) is 16.6 Å². The molecule has 35 heavy (non-hydrogen) atoms. The maximum absolute atomic E-state index is 13.0. The molecule has 12 heteroatoms. The molecule has 0 spiro atoms. The molecular formula is C23H26B2N2O8. The molecule has 10 nitrogen and oxygen atoms in total. The Morgan fingerprint density at radius 3 is 1.77 bits per heavy atom. The zero-order valence-corrected chi connectivity index (χ0v) is 19.8. The van der Waals surface area contributed by atoms with Crippen LogP contribution < -0.4 is 21.6 Å². The Balaban J connectivity index is 1.51. The standard InChI is InChI=1S/C23H26B2N2O8/c1-22(2)14-9-5-7-12(17(14)24(32)34-22)19(28)26-11-16(21(30)31)27-20(29)13-8-6-10-15-18(13)25(33)35-23(15,3)4/h5-10,16,32-33H,11H2,1-4H3,(H,26,28)(H,27,29)(H,30,31)/t16-/m0/s1. The van der Waals surface area contributed by atoms with Crippen molar-refractivity contribution in [1.29, 1.82) is 0 Å². The number of carboxylic acids is 1. The quantitative estimate of drug-likeness (QED) is 0.337. The van der Waals surface area contributed by atoms with E-state index >= 15 is 0 Å². The van der Waals surface area contributed by atoms with Crippen molar-refractivity contribution in [1.82, 2.24) is 10.6 Å². The largest absolute Gasteiger partial charge is 0.492 e. The van der Waals surface area contributed by atoms with Crippen molar-refractivity contribution in [3.8, 4) is 0 Å². The second kappa shape index (κ2) is 8.80. The maximum Gasteiger partial charge on any atom is 0.492 e. The Hall–Kier alpha value is -3.18. The highest BCUT2D eigenvalue weighted by Crippen LogP contribution is 2.31. The van der Waals surface area contributed by atoms with Crippen LogP contribution >= 0.6 is 0 Å². The van der Waals surface area contributed by atoms with E-state index < -0.39 is 55.8 Å². The first-order valence-electron chi connectivity index (χ1n) is 11.1. The molecule has 2 aliphatic rings. The van der Waals surface area contributed by atoms with Crippen LogP contribution in [-0.4, -0.2) is 59.8 Å². The SMILES string of the molecule is CC1(C)OB(O)c2c(C(=O)NC[C@H](NC(=O)c3cccc4c3B(O)OC4(C)C)C(=O)O)cccc21. The normalized spacial score (nSPS) is 18.0. The van der Waals surface area contributed by atoms with Crippen LogP contribution in [0.2, 0.25) is 0 Å². The van der Waals surface area contributed by atoms with Gasteiger partial charge < -0.3 is 35.1 Å². The number of nitrogens with one attached hydrogen (secondary N) is 2. The van der Waals surface area contributed by atoms with Crippen molar-refractivity contribution in [2.24, 2.45) is 0 Å². The lowest BCUT2D eigenvalue weighted by atomic mass is 9.74. The first-order chi connectivity index (χ1) is 16.3. The smallest absolute Gasteiger partial charge is 0.480 e. The molecule has 0 aliphatic carbocycles. The third-order valence-corrected chi connectivity index (χ3v) is 6.38. The van der Waals surface area contributed by atoms with Gasteiger partial charge in [-0.05, 0) is 51.0 Å². The summed E-state index contributed by atoms with van der Waals surface area (Å²) in [4.78, 5) is 37.7. The second-order valence-corrected chi connectivity index (χ2v) is 9.57. The molecule has 2 aliphatic heterocycles. The summed E-state index contributed by atoms with van der Waals surface area (Å²) in [6.07, 6.45) is 0. The van der Waals surface area contributed by atoms with Gasteiger partial charge in [0.05, 0.1) is 11.2 Å². The molecule has 0 bridgehead atoms. The number of hydrogen-bond donors (Lipinski definition) is 5. The second-order valence-electron chi connectivity index (χ2n) is 9.57. The highest BCUT2D eigenvalue weighted by atomic mass is 16.5. The number of fused-ring (bicyclic) bond motifs is 2. The highest BCUT2D eigenvalue weighted by Gasteiger charge is 2.44. The molecule has 0 saturated heterocycles. The predicted octanol–water partition coefficient (Wildman–Crippen LogP) is -0.795. The minimum absolute atomic E-state index is 0.0848. The summed E-state index contributed by atoms with van der Waals surface area (Å²) < 4.78 is 11.1. The maximum atomic E-state index is 13.0. The van der Waals surface area contributed by atoms with Crippen LogP contribution in [0, 0.1) is 0 Å². The van der Waals surface area contributed by atoms with E-state index in [2.05, 4.69) is 10.6 Å².